The Morgan fingerprint density at radius 1 is 1.37 bits per heavy atom. The number of hydrogen-bond acceptors (Lipinski definition) is 7. The van der Waals surface area contributed by atoms with Gasteiger partial charge in [0.15, 0.2) is 11.9 Å². The second-order valence-corrected chi connectivity index (χ2v) is 7.36. The number of rotatable bonds is 6. The molecule has 0 aliphatic carbocycles. The summed E-state index contributed by atoms with van der Waals surface area (Å²) in [5.74, 6) is -0.229. The van der Waals surface area contributed by atoms with Crippen LogP contribution in [0.4, 0.5) is 5.69 Å². The average Bonchev–Trinajstić information content (AvgIpc) is 2.94. The fraction of sp³-hybridized carbons (Fsp3) is 0.316. The molecule has 0 amide bonds. The molecule has 1 atom stereocenters. The molecule has 3 aromatic rings. The van der Waals surface area contributed by atoms with Gasteiger partial charge in [-0.25, -0.2) is 9.78 Å². The third kappa shape index (κ3) is 3.86. The van der Waals surface area contributed by atoms with E-state index in [0.717, 1.165) is 10.4 Å². The summed E-state index contributed by atoms with van der Waals surface area (Å²) in [7, 11) is 0. The topological polar surface area (TPSA) is 104 Å². The minimum atomic E-state index is -0.719. The summed E-state index contributed by atoms with van der Waals surface area (Å²) in [5.41, 5.74) is 1.61. The van der Waals surface area contributed by atoms with Crippen LogP contribution < -0.4 is 10.9 Å². The van der Waals surface area contributed by atoms with Crippen LogP contribution in [0.25, 0.3) is 10.2 Å². The number of aryl methyl sites for hydroxylation is 2. The van der Waals surface area contributed by atoms with E-state index in [1.807, 2.05) is 13.8 Å². The molecule has 0 fully saturated rings. The number of H-pyrrole nitrogens is 1. The van der Waals surface area contributed by atoms with Crippen LogP contribution in [-0.4, -0.2) is 34.2 Å². The van der Waals surface area contributed by atoms with Gasteiger partial charge in [0.25, 0.3) is 5.56 Å². The summed E-state index contributed by atoms with van der Waals surface area (Å²) < 4.78 is 5.51. The van der Waals surface area contributed by atoms with E-state index in [4.69, 9.17) is 9.84 Å². The highest BCUT2D eigenvalue weighted by Crippen LogP contribution is 2.27. The molecule has 8 heteroatoms. The minimum Gasteiger partial charge on any atom is -0.451 e. The third-order valence-corrected chi connectivity index (χ3v) is 5.40. The zero-order valence-electron chi connectivity index (χ0n) is 15.3. The summed E-state index contributed by atoms with van der Waals surface area (Å²) in [6.45, 7) is 5.78. The van der Waals surface area contributed by atoms with E-state index in [1.54, 1.807) is 31.2 Å². The van der Waals surface area contributed by atoms with Gasteiger partial charge in [0, 0.05) is 17.1 Å². The lowest BCUT2D eigenvalue weighted by Gasteiger charge is -2.15. The number of aliphatic hydroxyl groups excluding tert-OH is 1. The number of nitrogens with one attached hydrogen (secondary N) is 2. The zero-order chi connectivity index (χ0) is 19.6. The molecule has 0 saturated carbocycles. The van der Waals surface area contributed by atoms with Crippen molar-refractivity contribution in [3.63, 3.8) is 0 Å². The number of aromatic amines is 1. The molecular weight excluding hydrogens is 366 g/mol. The smallest absolute Gasteiger partial charge is 0.340 e. The van der Waals surface area contributed by atoms with E-state index < -0.39 is 12.1 Å². The van der Waals surface area contributed by atoms with Gasteiger partial charge in [-0.05, 0) is 38.5 Å². The van der Waals surface area contributed by atoms with Gasteiger partial charge >= 0.3 is 5.97 Å². The zero-order valence-corrected chi connectivity index (χ0v) is 16.1. The Labute approximate surface area is 160 Å². The molecule has 142 valence electrons. The van der Waals surface area contributed by atoms with E-state index in [1.165, 1.54) is 11.3 Å². The first-order valence-corrected chi connectivity index (χ1v) is 9.38. The van der Waals surface area contributed by atoms with Crippen LogP contribution in [-0.2, 0) is 4.74 Å². The standard InChI is InChI=1S/C19H21N3O4S/c1-10-12(3)27-18-15(10)17(24)21-16(22-18)11(2)26-19(25)13-6-4-5-7-14(13)20-8-9-23/h4-7,11,20,23H,8-9H2,1-3H3,(H,21,22,24)/t11-/m0/s1. The Morgan fingerprint density at radius 2 is 2.11 bits per heavy atom. The van der Waals surface area contributed by atoms with Gasteiger partial charge in [-0.15, -0.1) is 11.3 Å². The Balaban J connectivity index is 1.85. The monoisotopic (exact) mass is 387 g/mol. The van der Waals surface area contributed by atoms with Gasteiger partial charge in [0.05, 0.1) is 17.6 Å². The summed E-state index contributed by atoms with van der Waals surface area (Å²) in [6, 6.07) is 6.89. The lowest BCUT2D eigenvalue weighted by Crippen LogP contribution is -2.18. The van der Waals surface area contributed by atoms with Crippen molar-refractivity contribution in [2.24, 2.45) is 0 Å². The lowest BCUT2D eigenvalue weighted by molar-refractivity contribution is 0.0321. The third-order valence-electron chi connectivity index (χ3n) is 4.30. The number of carbonyl (C=O) groups is 1. The second-order valence-electron chi connectivity index (χ2n) is 6.16. The quantitative estimate of drug-likeness (QED) is 0.562. The van der Waals surface area contributed by atoms with Gasteiger partial charge in [-0.1, -0.05) is 12.1 Å². The number of nitrogens with zero attached hydrogens (tertiary/aromatic N) is 1. The van der Waals surface area contributed by atoms with Crippen LogP contribution in [0.5, 0.6) is 0 Å². The van der Waals surface area contributed by atoms with Crippen molar-refractivity contribution in [1.29, 1.82) is 0 Å². The summed E-state index contributed by atoms with van der Waals surface area (Å²) in [6.07, 6.45) is -0.719. The van der Waals surface area contributed by atoms with Crippen molar-refractivity contribution in [2.45, 2.75) is 26.9 Å². The van der Waals surface area contributed by atoms with Crippen molar-refractivity contribution < 1.29 is 14.6 Å². The Morgan fingerprint density at radius 3 is 2.85 bits per heavy atom. The molecule has 3 rings (SSSR count). The summed E-state index contributed by atoms with van der Waals surface area (Å²) in [4.78, 5) is 33.8. The predicted molar refractivity (Wildman–Crippen MR) is 106 cm³/mol. The molecule has 0 aliphatic heterocycles. The van der Waals surface area contributed by atoms with Crippen LogP contribution in [0.2, 0.25) is 0 Å². The molecule has 0 bridgehead atoms. The summed E-state index contributed by atoms with van der Waals surface area (Å²) >= 11 is 1.45. The number of aliphatic hydroxyl groups is 1. The molecule has 0 spiro atoms. The molecule has 0 unspecified atom stereocenters. The first kappa shape index (κ1) is 19.1. The molecule has 2 aromatic heterocycles. The van der Waals surface area contributed by atoms with Gasteiger partial charge in [0.2, 0.25) is 0 Å². The molecule has 27 heavy (non-hydrogen) atoms. The van der Waals surface area contributed by atoms with E-state index >= 15 is 0 Å². The molecule has 3 N–H and O–H groups in total. The SMILES string of the molecule is Cc1sc2nc([C@H](C)OC(=O)c3ccccc3NCCO)[nH]c(=O)c2c1C. The van der Waals surface area contributed by atoms with E-state index in [2.05, 4.69) is 15.3 Å². The number of carbonyl (C=O) groups excluding carboxylic acids is 1. The number of benzene rings is 1. The highest BCUT2D eigenvalue weighted by Gasteiger charge is 2.20. The highest BCUT2D eigenvalue weighted by molar-refractivity contribution is 7.18. The number of anilines is 1. The summed E-state index contributed by atoms with van der Waals surface area (Å²) in [5, 5.41) is 12.5. The van der Waals surface area contributed by atoms with E-state index in [-0.39, 0.29) is 12.2 Å². The number of thiophene rings is 1. The fourth-order valence-electron chi connectivity index (χ4n) is 2.75. The van der Waals surface area contributed by atoms with Gasteiger partial charge in [0.1, 0.15) is 4.83 Å². The number of para-hydroxylation sites is 1. The van der Waals surface area contributed by atoms with Crippen LogP contribution in [0.15, 0.2) is 29.1 Å². The van der Waals surface area contributed by atoms with Gasteiger partial charge < -0.3 is 20.1 Å². The number of aromatic nitrogens is 2. The van der Waals surface area contributed by atoms with E-state index in [9.17, 15) is 9.59 Å². The number of esters is 1. The normalized spacial score (nSPS) is 12.1. The maximum atomic E-state index is 12.6. The van der Waals surface area contributed by atoms with Crippen molar-refractivity contribution in [1.82, 2.24) is 9.97 Å². The van der Waals surface area contributed by atoms with Crippen molar-refractivity contribution >= 4 is 33.2 Å². The molecule has 0 radical (unpaired) electrons. The first-order valence-electron chi connectivity index (χ1n) is 8.57. The number of ether oxygens (including phenoxy) is 1. The van der Waals surface area contributed by atoms with Crippen LogP contribution in [0.1, 0.15) is 39.7 Å². The Hall–Kier alpha value is -2.71. The lowest BCUT2D eigenvalue weighted by atomic mass is 10.1. The highest BCUT2D eigenvalue weighted by atomic mass is 32.1. The van der Waals surface area contributed by atoms with Gasteiger partial charge in [-0.2, -0.15) is 0 Å². The molecular formula is C19H21N3O4S. The average molecular weight is 387 g/mol. The van der Waals surface area contributed by atoms with E-state index in [0.29, 0.717) is 33.8 Å². The number of hydrogen-bond donors (Lipinski definition) is 3. The van der Waals surface area contributed by atoms with Crippen molar-refractivity contribution in [3.05, 3.63) is 56.4 Å². The predicted octanol–water partition coefficient (Wildman–Crippen LogP) is 2.92. The van der Waals surface area contributed by atoms with Crippen molar-refractivity contribution in [3.8, 4) is 0 Å². The first-order chi connectivity index (χ1) is 12.9. The largest absolute Gasteiger partial charge is 0.451 e. The maximum Gasteiger partial charge on any atom is 0.340 e. The molecule has 0 saturated heterocycles. The van der Waals surface area contributed by atoms with Gasteiger partial charge in [-0.3, -0.25) is 4.79 Å². The molecule has 7 nitrogen and oxygen atoms in total. The molecule has 2 heterocycles. The van der Waals surface area contributed by atoms with Crippen LogP contribution >= 0.6 is 11.3 Å². The maximum absolute atomic E-state index is 12.6. The fourth-order valence-corrected chi connectivity index (χ4v) is 3.79. The Bertz CT molecular complexity index is 1040. The minimum absolute atomic E-state index is 0.0510. The van der Waals surface area contributed by atoms with Crippen LogP contribution in [0, 0.1) is 13.8 Å². The van der Waals surface area contributed by atoms with Crippen molar-refractivity contribution in [2.75, 3.05) is 18.5 Å². The van der Waals surface area contributed by atoms with Crippen LogP contribution in [0.3, 0.4) is 0 Å². The molecule has 0 aliphatic rings. The second kappa shape index (κ2) is 7.89. The number of fused-ring (bicyclic) bond motifs is 1. The Kier molecular flexibility index (Phi) is 5.57. The molecule has 1 aromatic carbocycles.